The molecule has 1 amide bonds. The lowest BCUT2D eigenvalue weighted by molar-refractivity contribution is 0.0284. The highest BCUT2D eigenvalue weighted by Crippen LogP contribution is 2.20. The van der Waals surface area contributed by atoms with Crippen LogP contribution in [-0.2, 0) is 4.74 Å². The van der Waals surface area contributed by atoms with Crippen LogP contribution in [0.3, 0.4) is 0 Å². The molecule has 1 aromatic rings. The standard InChI is InChI=1S/C14H21N3O3/c1-14(2,3)20-13(18)17-7-4-11(9-17)10-19-12-8-15-5-6-16-12/h5-6,8,11H,4,7,9-10H2,1-3H3/t11-/m1/s1. The summed E-state index contributed by atoms with van der Waals surface area (Å²) in [4.78, 5) is 21.6. The fourth-order valence-electron chi connectivity index (χ4n) is 2.02. The summed E-state index contributed by atoms with van der Waals surface area (Å²) in [7, 11) is 0. The maximum Gasteiger partial charge on any atom is 0.410 e. The van der Waals surface area contributed by atoms with Gasteiger partial charge in [0, 0.05) is 31.4 Å². The van der Waals surface area contributed by atoms with E-state index in [1.165, 1.54) is 0 Å². The molecule has 6 heteroatoms. The molecule has 0 N–H and O–H groups in total. The molecule has 6 nitrogen and oxygen atoms in total. The van der Waals surface area contributed by atoms with Crippen molar-refractivity contribution in [2.24, 2.45) is 5.92 Å². The molecule has 0 unspecified atom stereocenters. The van der Waals surface area contributed by atoms with Crippen molar-refractivity contribution in [1.82, 2.24) is 14.9 Å². The summed E-state index contributed by atoms with van der Waals surface area (Å²) in [5.74, 6) is 0.827. The number of carbonyl (C=O) groups is 1. The lowest BCUT2D eigenvalue weighted by atomic mass is 10.1. The van der Waals surface area contributed by atoms with E-state index in [2.05, 4.69) is 9.97 Å². The van der Waals surface area contributed by atoms with Gasteiger partial charge in [0.25, 0.3) is 0 Å². The predicted octanol–water partition coefficient (Wildman–Crippen LogP) is 2.11. The highest BCUT2D eigenvalue weighted by Gasteiger charge is 2.30. The van der Waals surface area contributed by atoms with Crippen molar-refractivity contribution in [2.75, 3.05) is 19.7 Å². The number of likely N-dealkylation sites (tertiary alicyclic amines) is 1. The number of ether oxygens (including phenoxy) is 2. The zero-order chi connectivity index (χ0) is 14.6. The van der Waals surface area contributed by atoms with Gasteiger partial charge in [-0.2, -0.15) is 0 Å². The fraction of sp³-hybridized carbons (Fsp3) is 0.643. The van der Waals surface area contributed by atoms with E-state index >= 15 is 0 Å². The Bertz CT molecular complexity index is 445. The van der Waals surface area contributed by atoms with E-state index in [-0.39, 0.29) is 6.09 Å². The van der Waals surface area contributed by atoms with E-state index in [1.54, 1.807) is 23.5 Å². The first-order valence-corrected chi connectivity index (χ1v) is 6.81. The van der Waals surface area contributed by atoms with Crippen LogP contribution >= 0.6 is 0 Å². The Labute approximate surface area is 119 Å². The Balaban J connectivity index is 1.76. The molecule has 1 fully saturated rings. The van der Waals surface area contributed by atoms with Crippen LogP contribution in [0.1, 0.15) is 27.2 Å². The molecule has 110 valence electrons. The summed E-state index contributed by atoms with van der Waals surface area (Å²) >= 11 is 0. The van der Waals surface area contributed by atoms with Gasteiger partial charge >= 0.3 is 6.09 Å². The summed E-state index contributed by atoms with van der Waals surface area (Å²) < 4.78 is 10.9. The van der Waals surface area contributed by atoms with Crippen LogP contribution in [0, 0.1) is 5.92 Å². The SMILES string of the molecule is CC(C)(C)OC(=O)N1CC[C@@H](COc2cnccn2)C1. The second-order valence-corrected chi connectivity index (χ2v) is 5.94. The van der Waals surface area contributed by atoms with Crippen molar-refractivity contribution in [3.63, 3.8) is 0 Å². The molecule has 0 saturated carbocycles. The topological polar surface area (TPSA) is 64.5 Å². The zero-order valence-corrected chi connectivity index (χ0v) is 12.2. The number of amides is 1. The van der Waals surface area contributed by atoms with Crippen LogP contribution in [0.4, 0.5) is 4.79 Å². The number of nitrogens with zero attached hydrogens (tertiary/aromatic N) is 3. The summed E-state index contributed by atoms with van der Waals surface area (Å²) in [5.41, 5.74) is -0.453. The molecule has 1 aliphatic heterocycles. The van der Waals surface area contributed by atoms with Gasteiger partial charge in [-0.05, 0) is 27.2 Å². The number of hydrogen-bond donors (Lipinski definition) is 0. The maximum absolute atomic E-state index is 11.9. The second kappa shape index (κ2) is 6.07. The lowest BCUT2D eigenvalue weighted by Gasteiger charge is -2.24. The van der Waals surface area contributed by atoms with Crippen LogP contribution in [0.2, 0.25) is 0 Å². The molecule has 2 heterocycles. The Hall–Kier alpha value is -1.85. The van der Waals surface area contributed by atoms with E-state index in [0.717, 1.165) is 6.42 Å². The van der Waals surface area contributed by atoms with Crippen molar-refractivity contribution >= 4 is 6.09 Å². The highest BCUT2D eigenvalue weighted by molar-refractivity contribution is 5.68. The first kappa shape index (κ1) is 14.6. The lowest BCUT2D eigenvalue weighted by Crippen LogP contribution is -2.35. The van der Waals surface area contributed by atoms with E-state index in [0.29, 0.717) is 31.5 Å². The molecule has 1 aliphatic rings. The molecular formula is C14H21N3O3. The van der Waals surface area contributed by atoms with Crippen LogP contribution < -0.4 is 4.74 Å². The molecule has 1 aromatic heterocycles. The number of rotatable bonds is 3. The summed E-state index contributed by atoms with van der Waals surface area (Å²) in [6, 6.07) is 0. The van der Waals surface area contributed by atoms with E-state index in [1.807, 2.05) is 20.8 Å². The fourth-order valence-corrected chi connectivity index (χ4v) is 2.02. The van der Waals surface area contributed by atoms with Gasteiger partial charge in [-0.3, -0.25) is 4.98 Å². The van der Waals surface area contributed by atoms with Gasteiger partial charge < -0.3 is 14.4 Å². The van der Waals surface area contributed by atoms with Gasteiger partial charge in [-0.25, -0.2) is 9.78 Å². The molecular weight excluding hydrogens is 258 g/mol. The van der Waals surface area contributed by atoms with Crippen molar-refractivity contribution in [1.29, 1.82) is 0 Å². The van der Waals surface area contributed by atoms with Crippen LogP contribution in [-0.4, -0.2) is 46.3 Å². The van der Waals surface area contributed by atoms with Crippen LogP contribution in [0.5, 0.6) is 5.88 Å². The Morgan fingerprint density at radius 3 is 2.90 bits per heavy atom. The first-order chi connectivity index (χ1) is 9.44. The van der Waals surface area contributed by atoms with Gasteiger partial charge in [-0.15, -0.1) is 0 Å². The highest BCUT2D eigenvalue weighted by atomic mass is 16.6. The molecule has 0 bridgehead atoms. The average Bonchev–Trinajstić information content (AvgIpc) is 2.84. The quantitative estimate of drug-likeness (QED) is 0.848. The Morgan fingerprint density at radius 2 is 2.25 bits per heavy atom. The van der Waals surface area contributed by atoms with E-state index < -0.39 is 5.60 Å². The Morgan fingerprint density at radius 1 is 1.45 bits per heavy atom. The largest absolute Gasteiger partial charge is 0.476 e. The third-order valence-corrected chi connectivity index (χ3v) is 2.94. The number of aromatic nitrogens is 2. The van der Waals surface area contributed by atoms with Crippen molar-refractivity contribution in [2.45, 2.75) is 32.8 Å². The molecule has 1 saturated heterocycles. The van der Waals surface area contributed by atoms with Gasteiger partial charge in [0.1, 0.15) is 5.60 Å². The molecule has 0 spiro atoms. The van der Waals surface area contributed by atoms with Gasteiger partial charge in [0.05, 0.1) is 12.8 Å². The summed E-state index contributed by atoms with van der Waals surface area (Å²) in [6.07, 6.45) is 5.45. The van der Waals surface area contributed by atoms with Gasteiger partial charge in [-0.1, -0.05) is 0 Å². The van der Waals surface area contributed by atoms with Gasteiger partial charge in [0.15, 0.2) is 0 Å². The van der Waals surface area contributed by atoms with E-state index in [9.17, 15) is 4.79 Å². The van der Waals surface area contributed by atoms with Crippen molar-refractivity contribution in [3.8, 4) is 5.88 Å². The van der Waals surface area contributed by atoms with Crippen LogP contribution in [0.25, 0.3) is 0 Å². The molecule has 0 aromatic carbocycles. The van der Waals surface area contributed by atoms with Crippen molar-refractivity contribution in [3.05, 3.63) is 18.6 Å². The Kier molecular flexibility index (Phi) is 4.42. The third-order valence-electron chi connectivity index (χ3n) is 2.94. The van der Waals surface area contributed by atoms with Crippen LogP contribution in [0.15, 0.2) is 18.6 Å². The summed E-state index contributed by atoms with van der Waals surface area (Å²) in [5, 5.41) is 0. The first-order valence-electron chi connectivity index (χ1n) is 6.81. The molecule has 1 atom stereocenters. The monoisotopic (exact) mass is 279 g/mol. The number of hydrogen-bond acceptors (Lipinski definition) is 5. The third kappa shape index (κ3) is 4.36. The normalized spacial score (nSPS) is 18.9. The minimum absolute atomic E-state index is 0.250. The number of carbonyl (C=O) groups excluding carboxylic acids is 1. The average molecular weight is 279 g/mol. The maximum atomic E-state index is 11.9. The smallest absolute Gasteiger partial charge is 0.410 e. The molecule has 2 rings (SSSR count). The predicted molar refractivity (Wildman–Crippen MR) is 73.4 cm³/mol. The van der Waals surface area contributed by atoms with Crippen molar-refractivity contribution < 1.29 is 14.3 Å². The second-order valence-electron chi connectivity index (χ2n) is 5.94. The molecule has 20 heavy (non-hydrogen) atoms. The minimum Gasteiger partial charge on any atom is -0.476 e. The molecule has 0 radical (unpaired) electrons. The van der Waals surface area contributed by atoms with E-state index in [4.69, 9.17) is 9.47 Å². The van der Waals surface area contributed by atoms with Gasteiger partial charge in [0.2, 0.25) is 5.88 Å². The minimum atomic E-state index is -0.453. The zero-order valence-electron chi connectivity index (χ0n) is 12.2. The summed E-state index contributed by atoms with van der Waals surface area (Å²) in [6.45, 7) is 7.53. The molecule has 0 aliphatic carbocycles.